The molecule has 0 fully saturated rings. The van der Waals surface area contributed by atoms with E-state index in [2.05, 4.69) is 15.5 Å². The van der Waals surface area contributed by atoms with Crippen LogP contribution in [0.3, 0.4) is 0 Å². The summed E-state index contributed by atoms with van der Waals surface area (Å²) in [6.45, 7) is 0.413. The first-order valence-electron chi connectivity index (χ1n) is 10.0. The summed E-state index contributed by atoms with van der Waals surface area (Å²) in [5.41, 5.74) is 1.96. The lowest BCUT2D eigenvalue weighted by molar-refractivity contribution is 0.102. The molecule has 2 aromatic heterocycles. The summed E-state index contributed by atoms with van der Waals surface area (Å²) >= 11 is 7.19. The van der Waals surface area contributed by atoms with E-state index in [4.69, 9.17) is 16.0 Å². The minimum Gasteiger partial charge on any atom is -0.402 e. The Morgan fingerprint density at radius 2 is 1.85 bits per heavy atom. The van der Waals surface area contributed by atoms with Crippen LogP contribution in [0.2, 0.25) is 4.34 Å². The molecule has 5 rings (SSSR count). The number of thiophene rings is 1. The monoisotopic (exact) mass is 500 g/mol. The van der Waals surface area contributed by atoms with Gasteiger partial charge >= 0.3 is 6.01 Å². The standard InChI is InChI=1S/C22H17ClN4O4S2/c23-19-12-11-18(32-19)21-25-26-22(31-21)24-20(28)15-7-9-16(10-8-15)33(29,30)27-13-3-5-14-4-1-2-6-17(14)27/h1-2,4,6-12H,3,5,13H2,(H,24,26,28). The SMILES string of the molecule is O=C(Nc1nnc(-c2ccc(Cl)s2)o1)c1ccc(S(=O)(=O)N2CCCc3ccccc32)cc1. The minimum absolute atomic E-state index is 0.0684. The lowest BCUT2D eigenvalue weighted by atomic mass is 10.0. The highest BCUT2D eigenvalue weighted by Gasteiger charge is 2.29. The van der Waals surface area contributed by atoms with Crippen LogP contribution in [-0.4, -0.2) is 31.1 Å². The van der Waals surface area contributed by atoms with Gasteiger partial charge in [-0.1, -0.05) is 34.9 Å². The van der Waals surface area contributed by atoms with E-state index in [0.29, 0.717) is 21.4 Å². The molecule has 0 radical (unpaired) electrons. The largest absolute Gasteiger partial charge is 0.402 e. The Morgan fingerprint density at radius 3 is 2.61 bits per heavy atom. The predicted molar refractivity (Wildman–Crippen MR) is 126 cm³/mol. The van der Waals surface area contributed by atoms with Gasteiger partial charge in [0, 0.05) is 12.1 Å². The topological polar surface area (TPSA) is 105 Å². The van der Waals surface area contributed by atoms with Gasteiger partial charge in [0.05, 0.1) is 19.8 Å². The molecular weight excluding hydrogens is 484 g/mol. The average molecular weight is 501 g/mol. The molecule has 33 heavy (non-hydrogen) atoms. The number of rotatable bonds is 5. The Balaban J connectivity index is 1.32. The fraction of sp³-hybridized carbons (Fsp3) is 0.136. The van der Waals surface area contributed by atoms with Crippen molar-refractivity contribution in [2.45, 2.75) is 17.7 Å². The maximum absolute atomic E-state index is 13.2. The van der Waals surface area contributed by atoms with E-state index in [1.165, 1.54) is 39.9 Å². The Bertz CT molecular complexity index is 1430. The van der Waals surface area contributed by atoms with E-state index in [1.54, 1.807) is 12.1 Å². The molecule has 4 aromatic rings. The molecule has 2 aromatic carbocycles. The number of benzene rings is 2. The van der Waals surface area contributed by atoms with Crippen LogP contribution in [-0.2, 0) is 16.4 Å². The number of nitrogens with one attached hydrogen (secondary N) is 1. The van der Waals surface area contributed by atoms with Crippen molar-refractivity contribution in [3.63, 3.8) is 0 Å². The summed E-state index contributed by atoms with van der Waals surface area (Å²) in [7, 11) is -3.75. The number of carbonyl (C=O) groups is 1. The third kappa shape index (κ3) is 4.24. The number of para-hydroxylation sites is 1. The zero-order chi connectivity index (χ0) is 23.0. The summed E-state index contributed by atoms with van der Waals surface area (Å²) in [5.74, 6) is -0.257. The lowest BCUT2D eigenvalue weighted by Crippen LogP contribution is -2.35. The van der Waals surface area contributed by atoms with Crippen LogP contribution < -0.4 is 9.62 Å². The average Bonchev–Trinajstić information content (AvgIpc) is 3.47. The molecule has 0 spiro atoms. The fourth-order valence-electron chi connectivity index (χ4n) is 3.63. The Morgan fingerprint density at radius 1 is 1.06 bits per heavy atom. The molecule has 0 unspecified atom stereocenters. The van der Waals surface area contributed by atoms with Crippen molar-refractivity contribution in [1.82, 2.24) is 10.2 Å². The van der Waals surface area contributed by atoms with Crippen molar-refractivity contribution in [3.8, 4) is 10.8 Å². The first-order valence-corrected chi connectivity index (χ1v) is 12.7. The van der Waals surface area contributed by atoms with Crippen molar-refractivity contribution < 1.29 is 17.6 Å². The first kappa shape index (κ1) is 21.6. The van der Waals surface area contributed by atoms with Crippen LogP contribution in [0.5, 0.6) is 0 Å². The highest BCUT2D eigenvalue weighted by molar-refractivity contribution is 7.92. The summed E-state index contributed by atoms with van der Waals surface area (Å²) in [6.07, 6.45) is 1.60. The van der Waals surface area contributed by atoms with E-state index < -0.39 is 15.9 Å². The number of anilines is 2. The fourth-order valence-corrected chi connectivity index (χ4v) is 6.13. The molecule has 8 nitrogen and oxygen atoms in total. The third-order valence-corrected chi connectivity index (χ3v) is 8.25. The van der Waals surface area contributed by atoms with Gasteiger partial charge in [0.15, 0.2) is 0 Å². The number of carbonyl (C=O) groups excluding carboxylic acids is 1. The zero-order valence-electron chi connectivity index (χ0n) is 17.1. The van der Waals surface area contributed by atoms with Crippen LogP contribution in [0, 0.1) is 0 Å². The molecule has 0 aliphatic carbocycles. The quantitative estimate of drug-likeness (QED) is 0.420. The number of sulfonamides is 1. The maximum atomic E-state index is 13.2. The molecule has 0 atom stereocenters. The Kier molecular flexibility index (Phi) is 5.65. The predicted octanol–water partition coefficient (Wildman–Crippen LogP) is 4.85. The molecule has 0 bridgehead atoms. The summed E-state index contributed by atoms with van der Waals surface area (Å²) < 4.78 is 34.0. The molecule has 0 saturated carbocycles. The van der Waals surface area contributed by atoms with Gasteiger partial charge in [0.25, 0.3) is 21.8 Å². The van der Waals surface area contributed by atoms with Crippen molar-refractivity contribution in [3.05, 3.63) is 76.1 Å². The van der Waals surface area contributed by atoms with E-state index in [0.717, 1.165) is 18.4 Å². The second kappa shape index (κ2) is 8.62. The van der Waals surface area contributed by atoms with Gasteiger partial charge in [0.1, 0.15) is 0 Å². The summed E-state index contributed by atoms with van der Waals surface area (Å²) in [5, 5.41) is 10.2. The van der Waals surface area contributed by atoms with Gasteiger partial charge in [-0.25, -0.2) is 8.42 Å². The van der Waals surface area contributed by atoms with Crippen LogP contribution in [0.4, 0.5) is 11.7 Å². The molecule has 11 heteroatoms. The van der Waals surface area contributed by atoms with Crippen molar-refractivity contribution in [2.24, 2.45) is 0 Å². The minimum atomic E-state index is -3.75. The molecule has 168 valence electrons. The molecule has 1 N–H and O–H groups in total. The van der Waals surface area contributed by atoms with Crippen molar-refractivity contribution >= 4 is 50.6 Å². The van der Waals surface area contributed by atoms with E-state index in [9.17, 15) is 13.2 Å². The number of hydrogen-bond acceptors (Lipinski definition) is 7. The summed E-state index contributed by atoms with van der Waals surface area (Å²) in [6, 6.07) is 16.6. The van der Waals surface area contributed by atoms with Crippen molar-refractivity contribution in [1.29, 1.82) is 0 Å². The van der Waals surface area contributed by atoms with Gasteiger partial charge in [-0.05, 0) is 60.9 Å². The third-order valence-electron chi connectivity index (χ3n) is 5.20. The second-order valence-corrected chi connectivity index (χ2v) is 10.9. The smallest absolute Gasteiger partial charge is 0.322 e. The number of nitrogens with zero attached hydrogens (tertiary/aromatic N) is 3. The normalized spacial score (nSPS) is 13.5. The number of fused-ring (bicyclic) bond motifs is 1. The van der Waals surface area contributed by atoms with Gasteiger partial charge < -0.3 is 4.42 Å². The van der Waals surface area contributed by atoms with Crippen LogP contribution in [0.15, 0.2) is 70.0 Å². The Labute approximate surface area is 198 Å². The number of hydrogen-bond donors (Lipinski definition) is 1. The first-order chi connectivity index (χ1) is 15.9. The highest BCUT2D eigenvalue weighted by atomic mass is 35.5. The number of aromatic nitrogens is 2. The van der Waals surface area contributed by atoms with Crippen LogP contribution in [0.25, 0.3) is 10.8 Å². The number of aryl methyl sites for hydroxylation is 1. The molecular formula is C22H17ClN4O4S2. The number of amides is 1. The lowest BCUT2D eigenvalue weighted by Gasteiger charge is -2.30. The summed E-state index contributed by atoms with van der Waals surface area (Å²) in [4.78, 5) is 13.4. The van der Waals surface area contributed by atoms with Gasteiger partial charge in [-0.15, -0.1) is 16.4 Å². The van der Waals surface area contributed by atoms with Crippen molar-refractivity contribution in [2.75, 3.05) is 16.2 Å². The second-order valence-electron chi connectivity index (χ2n) is 7.30. The molecule has 0 saturated heterocycles. The van der Waals surface area contributed by atoms with Gasteiger partial charge in [-0.3, -0.25) is 14.4 Å². The number of halogens is 1. The van der Waals surface area contributed by atoms with E-state index >= 15 is 0 Å². The van der Waals surface area contributed by atoms with Gasteiger partial charge in [0.2, 0.25) is 0 Å². The van der Waals surface area contributed by atoms with E-state index in [-0.39, 0.29) is 22.4 Å². The maximum Gasteiger partial charge on any atom is 0.322 e. The van der Waals surface area contributed by atoms with Crippen LogP contribution in [0.1, 0.15) is 22.3 Å². The molecule has 1 aliphatic rings. The Hall–Kier alpha value is -3.21. The van der Waals surface area contributed by atoms with Gasteiger partial charge in [-0.2, -0.15) is 0 Å². The van der Waals surface area contributed by atoms with E-state index in [1.807, 2.05) is 24.3 Å². The highest BCUT2D eigenvalue weighted by Crippen LogP contribution is 2.32. The zero-order valence-corrected chi connectivity index (χ0v) is 19.5. The molecule has 1 amide bonds. The molecule has 1 aliphatic heterocycles. The van der Waals surface area contributed by atoms with Crippen LogP contribution >= 0.6 is 22.9 Å². The molecule has 3 heterocycles.